The van der Waals surface area contributed by atoms with Gasteiger partial charge < -0.3 is 4.90 Å². The zero-order valence-electron chi connectivity index (χ0n) is 32.0. The first-order chi connectivity index (χ1) is 29.2. The molecule has 0 atom stereocenters. The molecule has 0 saturated carbocycles. The summed E-state index contributed by atoms with van der Waals surface area (Å²) in [6.07, 6.45) is 0. The van der Waals surface area contributed by atoms with Crippen LogP contribution >= 0.6 is 22.7 Å². The second-order valence-corrected chi connectivity index (χ2v) is 16.4. The fourth-order valence-corrected chi connectivity index (χ4v) is 9.38. The molecule has 3 aromatic heterocycles. The molecule has 0 aliphatic rings. The molecule has 7 aromatic carbocycles. The zero-order valence-corrected chi connectivity index (χ0v) is 33.7. The van der Waals surface area contributed by atoms with E-state index in [1.807, 2.05) is 59.1 Å². The van der Waals surface area contributed by atoms with Crippen LogP contribution in [0.15, 0.2) is 224 Å². The molecule has 0 aliphatic carbocycles. The zero-order chi connectivity index (χ0) is 39.4. The van der Waals surface area contributed by atoms with Gasteiger partial charge >= 0.3 is 0 Å². The van der Waals surface area contributed by atoms with Crippen LogP contribution in [0.5, 0.6) is 0 Å². The monoisotopic (exact) mass is 791 g/mol. The summed E-state index contributed by atoms with van der Waals surface area (Å²) in [5.74, 6) is 0.705. The number of nitrogens with zero attached hydrogens (tertiary/aromatic N) is 3. The quantitative estimate of drug-likeness (QED) is 0.138. The van der Waals surface area contributed by atoms with Crippen molar-refractivity contribution in [2.75, 3.05) is 4.90 Å². The maximum absolute atomic E-state index is 5.09. The second kappa shape index (κ2) is 16.4. The van der Waals surface area contributed by atoms with Gasteiger partial charge in [0, 0.05) is 53.3 Å². The van der Waals surface area contributed by atoms with Crippen molar-refractivity contribution in [2.45, 2.75) is 0 Å². The fourth-order valence-electron chi connectivity index (χ4n) is 7.35. The van der Waals surface area contributed by atoms with Crippen LogP contribution in [0.25, 0.3) is 75.7 Å². The van der Waals surface area contributed by atoms with Gasteiger partial charge in [-0.05, 0) is 89.0 Å². The number of hydrogen-bond donors (Lipinski definition) is 0. The Balaban J connectivity index is 1.01. The van der Waals surface area contributed by atoms with Gasteiger partial charge in [-0.25, -0.2) is 9.97 Å². The van der Waals surface area contributed by atoms with Gasteiger partial charge in [0.15, 0.2) is 5.82 Å². The molecule has 10 aromatic rings. The van der Waals surface area contributed by atoms with E-state index < -0.39 is 0 Å². The van der Waals surface area contributed by atoms with E-state index in [1.165, 1.54) is 41.8 Å². The Morgan fingerprint density at radius 3 is 0.932 bits per heavy atom. The average molecular weight is 792 g/mol. The van der Waals surface area contributed by atoms with Crippen molar-refractivity contribution in [2.24, 2.45) is 0 Å². The first-order valence-electron chi connectivity index (χ1n) is 19.6. The Morgan fingerprint density at radius 2 is 0.559 bits per heavy atom. The molecule has 10 rings (SSSR count). The maximum Gasteiger partial charge on any atom is 0.160 e. The van der Waals surface area contributed by atoms with Gasteiger partial charge in [0.1, 0.15) is 0 Å². The van der Waals surface area contributed by atoms with Crippen LogP contribution in [-0.4, -0.2) is 9.97 Å². The highest BCUT2D eigenvalue weighted by atomic mass is 32.1. The lowest BCUT2D eigenvalue weighted by molar-refractivity contribution is 1.18. The summed E-state index contributed by atoms with van der Waals surface area (Å²) >= 11 is 3.64. The maximum atomic E-state index is 5.09. The van der Waals surface area contributed by atoms with Crippen molar-refractivity contribution in [3.05, 3.63) is 224 Å². The minimum atomic E-state index is 0.705. The van der Waals surface area contributed by atoms with E-state index in [0.29, 0.717) is 5.82 Å². The Bertz CT molecular complexity index is 2760. The molecule has 0 aliphatic heterocycles. The van der Waals surface area contributed by atoms with Crippen molar-refractivity contribution >= 4 is 39.7 Å². The summed E-state index contributed by atoms with van der Waals surface area (Å²) in [6.45, 7) is 0. The van der Waals surface area contributed by atoms with Crippen molar-refractivity contribution in [1.29, 1.82) is 0 Å². The molecular formula is C54H37N3S2. The first kappa shape index (κ1) is 36.2. The van der Waals surface area contributed by atoms with Crippen molar-refractivity contribution in [1.82, 2.24) is 9.97 Å². The minimum absolute atomic E-state index is 0.705. The molecule has 3 heterocycles. The molecule has 0 fully saturated rings. The van der Waals surface area contributed by atoms with Gasteiger partial charge in [0.2, 0.25) is 0 Å². The molecule has 280 valence electrons. The van der Waals surface area contributed by atoms with Crippen LogP contribution < -0.4 is 4.90 Å². The van der Waals surface area contributed by atoms with E-state index >= 15 is 0 Å². The van der Waals surface area contributed by atoms with Crippen LogP contribution in [0, 0.1) is 0 Å². The molecule has 0 amide bonds. The van der Waals surface area contributed by atoms with E-state index in [1.54, 1.807) is 0 Å². The molecule has 0 unspecified atom stereocenters. The molecular weight excluding hydrogens is 755 g/mol. The lowest BCUT2D eigenvalue weighted by atomic mass is 10.1. The Hall–Kier alpha value is -7.18. The number of hydrogen-bond acceptors (Lipinski definition) is 5. The number of benzene rings is 7. The molecule has 0 N–H and O–H groups in total. The van der Waals surface area contributed by atoms with Crippen molar-refractivity contribution < 1.29 is 0 Å². The summed E-state index contributed by atoms with van der Waals surface area (Å²) in [7, 11) is 0. The van der Waals surface area contributed by atoms with Gasteiger partial charge in [0.25, 0.3) is 0 Å². The van der Waals surface area contributed by atoms with Crippen LogP contribution in [0.2, 0.25) is 0 Å². The van der Waals surface area contributed by atoms with E-state index in [4.69, 9.17) is 9.97 Å². The highest BCUT2D eigenvalue weighted by Crippen LogP contribution is 2.41. The minimum Gasteiger partial charge on any atom is -0.311 e. The van der Waals surface area contributed by atoms with E-state index in [0.717, 1.165) is 45.1 Å². The Labute approximate surface area is 352 Å². The van der Waals surface area contributed by atoms with E-state index in [9.17, 15) is 0 Å². The van der Waals surface area contributed by atoms with Crippen LogP contribution in [0.1, 0.15) is 0 Å². The smallest absolute Gasteiger partial charge is 0.160 e. The third-order valence-electron chi connectivity index (χ3n) is 10.4. The highest BCUT2D eigenvalue weighted by Gasteiger charge is 2.16. The predicted octanol–water partition coefficient (Wildman–Crippen LogP) is 15.7. The summed E-state index contributed by atoms with van der Waals surface area (Å²) < 4.78 is 0. The summed E-state index contributed by atoms with van der Waals surface area (Å²) in [5.41, 5.74) is 12.9. The standard InChI is InChI=1S/C54H37N3S2/c1-5-13-38(14-6-1)48-37-49(56-54(55-48)44-19-11-4-12-20-44)39-21-27-45(28-22-39)57(46-29-23-42(24-30-46)52-35-33-50(58-52)40-15-7-2-8-16-40)47-31-25-43(26-32-47)53-36-34-51(59-53)41-17-9-3-10-18-41/h1-37H. The molecule has 0 radical (unpaired) electrons. The lowest BCUT2D eigenvalue weighted by Gasteiger charge is -2.26. The number of thiophene rings is 2. The predicted molar refractivity (Wildman–Crippen MR) is 251 cm³/mol. The molecule has 0 bridgehead atoms. The van der Waals surface area contributed by atoms with Crippen molar-refractivity contribution in [3.63, 3.8) is 0 Å². The topological polar surface area (TPSA) is 29.0 Å². The van der Waals surface area contributed by atoms with Gasteiger partial charge in [-0.1, -0.05) is 158 Å². The van der Waals surface area contributed by atoms with Crippen LogP contribution in [0.4, 0.5) is 17.1 Å². The summed E-state index contributed by atoms with van der Waals surface area (Å²) in [6, 6.07) is 79.3. The average Bonchev–Trinajstić information content (AvgIpc) is 4.03. The fraction of sp³-hybridized carbons (Fsp3) is 0. The highest BCUT2D eigenvalue weighted by molar-refractivity contribution is 7.19. The summed E-state index contributed by atoms with van der Waals surface area (Å²) in [4.78, 5) is 17.4. The number of rotatable bonds is 10. The number of aromatic nitrogens is 2. The van der Waals surface area contributed by atoms with Gasteiger partial charge in [-0.2, -0.15) is 0 Å². The first-order valence-corrected chi connectivity index (χ1v) is 21.3. The lowest BCUT2D eigenvalue weighted by Crippen LogP contribution is -2.09. The molecule has 0 spiro atoms. The van der Waals surface area contributed by atoms with Gasteiger partial charge in [-0.3, -0.25) is 0 Å². The van der Waals surface area contributed by atoms with Crippen LogP contribution in [0.3, 0.4) is 0 Å². The molecule has 0 saturated heterocycles. The molecule has 5 heteroatoms. The van der Waals surface area contributed by atoms with Gasteiger partial charge in [0.05, 0.1) is 11.4 Å². The normalized spacial score (nSPS) is 11.1. The van der Waals surface area contributed by atoms with Crippen LogP contribution in [-0.2, 0) is 0 Å². The molecule has 3 nitrogen and oxygen atoms in total. The van der Waals surface area contributed by atoms with Gasteiger partial charge in [-0.15, -0.1) is 22.7 Å². The Morgan fingerprint density at radius 1 is 0.271 bits per heavy atom. The SMILES string of the molecule is c1ccc(-c2cc(-c3ccc(N(c4ccc(-c5ccc(-c6ccccc6)s5)cc4)c4ccc(-c5ccc(-c6ccccc6)s5)cc4)cc3)nc(-c3ccccc3)n2)cc1. The Kier molecular flexibility index (Phi) is 10.0. The van der Waals surface area contributed by atoms with E-state index in [-0.39, 0.29) is 0 Å². The van der Waals surface area contributed by atoms with E-state index in [2.05, 4.69) is 193 Å². The largest absolute Gasteiger partial charge is 0.311 e. The third kappa shape index (κ3) is 7.77. The third-order valence-corrected chi connectivity index (χ3v) is 12.8. The van der Waals surface area contributed by atoms with Crippen molar-refractivity contribution in [3.8, 4) is 75.7 Å². The number of anilines is 3. The second-order valence-electron chi connectivity index (χ2n) is 14.2. The summed E-state index contributed by atoms with van der Waals surface area (Å²) in [5, 5.41) is 0. The molecule has 59 heavy (non-hydrogen) atoms.